The Labute approximate surface area is 113 Å². The SMILES string of the molecule is COC(C)(C)CCOc1cc2c(cc1N)OCCO2. The molecule has 2 rings (SSSR count). The maximum Gasteiger partial charge on any atom is 0.165 e. The fourth-order valence-electron chi connectivity index (χ4n) is 1.72. The molecule has 0 amide bonds. The third-order valence-electron chi connectivity index (χ3n) is 3.19. The van der Waals surface area contributed by atoms with Gasteiger partial charge in [0, 0.05) is 25.7 Å². The molecule has 106 valence electrons. The summed E-state index contributed by atoms with van der Waals surface area (Å²) >= 11 is 0. The van der Waals surface area contributed by atoms with E-state index in [1.807, 2.05) is 13.8 Å². The van der Waals surface area contributed by atoms with E-state index < -0.39 is 0 Å². The van der Waals surface area contributed by atoms with Crippen LogP contribution in [0, 0.1) is 0 Å². The summed E-state index contributed by atoms with van der Waals surface area (Å²) in [5.74, 6) is 1.98. The lowest BCUT2D eigenvalue weighted by Crippen LogP contribution is -2.25. The largest absolute Gasteiger partial charge is 0.491 e. The van der Waals surface area contributed by atoms with Crippen molar-refractivity contribution in [2.75, 3.05) is 32.7 Å². The molecule has 0 saturated carbocycles. The molecule has 1 aromatic carbocycles. The van der Waals surface area contributed by atoms with Gasteiger partial charge in [-0.2, -0.15) is 0 Å². The Morgan fingerprint density at radius 1 is 1.21 bits per heavy atom. The van der Waals surface area contributed by atoms with E-state index in [0.717, 1.165) is 6.42 Å². The Hall–Kier alpha value is -1.62. The van der Waals surface area contributed by atoms with Crippen LogP contribution in [0.3, 0.4) is 0 Å². The zero-order chi connectivity index (χ0) is 13.9. The first-order valence-electron chi connectivity index (χ1n) is 6.39. The average Bonchev–Trinajstić information content (AvgIpc) is 2.39. The van der Waals surface area contributed by atoms with Crippen molar-refractivity contribution in [1.29, 1.82) is 0 Å². The molecule has 0 atom stereocenters. The Balaban J connectivity index is 2.00. The minimum atomic E-state index is -0.206. The van der Waals surface area contributed by atoms with Gasteiger partial charge in [-0.15, -0.1) is 0 Å². The summed E-state index contributed by atoms with van der Waals surface area (Å²) in [7, 11) is 1.69. The maximum atomic E-state index is 5.94. The lowest BCUT2D eigenvalue weighted by atomic mass is 10.1. The van der Waals surface area contributed by atoms with E-state index >= 15 is 0 Å². The summed E-state index contributed by atoms with van der Waals surface area (Å²) in [6, 6.07) is 3.52. The number of hydrogen-bond donors (Lipinski definition) is 1. The van der Waals surface area contributed by atoms with E-state index in [0.29, 0.717) is 42.8 Å². The van der Waals surface area contributed by atoms with Crippen molar-refractivity contribution >= 4 is 5.69 Å². The molecule has 0 unspecified atom stereocenters. The number of hydrogen-bond acceptors (Lipinski definition) is 5. The number of anilines is 1. The quantitative estimate of drug-likeness (QED) is 0.829. The van der Waals surface area contributed by atoms with E-state index in [4.69, 9.17) is 24.7 Å². The number of fused-ring (bicyclic) bond motifs is 1. The number of benzene rings is 1. The number of nitrogen functional groups attached to an aromatic ring is 1. The summed E-state index contributed by atoms with van der Waals surface area (Å²) in [6.45, 7) is 5.67. The van der Waals surface area contributed by atoms with Gasteiger partial charge in [-0.3, -0.25) is 0 Å². The van der Waals surface area contributed by atoms with E-state index in [1.54, 1.807) is 19.2 Å². The molecule has 0 aromatic heterocycles. The maximum absolute atomic E-state index is 5.94. The lowest BCUT2D eigenvalue weighted by Gasteiger charge is -2.23. The van der Waals surface area contributed by atoms with Crippen LogP contribution in [0.4, 0.5) is 5.69 Å². The molecule has 1 aliphatic rings. The molecule has 0 radical (unpaired) electrons. The van der Waals surface area contributed by atoms with Crippen molar-refractivity contribution in [3.05, 3.63) is 12.1 Å². The van der Waals surface area contributed by atoms with Gasteiger partial charge in [-0.25, -0.2) is 0 Å². The van der Waals surface area contributed by atoms with Gasteiger partial charge in [0.15, 0.2) is 11.5 Å². The van der Waals surface area contributed by atoms with Crippen molar-refractivity contribution in [3.8, 4) is 17.2 Å². The second-order valence-corrected chi connectivity index (χ2v) is 5.10. The Morgan fingerprint density at radius 3 is 2.47 bits per heavy atom. The molecule has 5 heteroatoms. The number of methoxy groups -OCH3 is 1. The van der Waals surface area contributed by atoms with Crippen LogP contribution >= 0.6 is 0 Å². The van der Waals surface area contributed by atoms with Gasteiger partial charge in [0.2, 0.25) is 0 Å². The predicted octanol–water partition coefficient (Wildman–Crippen LogP) is 2.23. The van der Waals surface area contributed by atoms with Crippen molar-refractivity contribution in [3.63, 3.8) is 0 Å². The highest BCUT2D eigenvalue weighted by atomic mass is 16.6. The Morgan fingerprint density at radius 2 is 1.84 bits per heavy atom. The average molecular weight is 267 g/mol. The summed E-state index contributed by atoms with van der Waals surface area (Å²) in [6.07, 6.45) is 0.775. The summed E-state index contributed by atoms with van der Waals surface area (Å²) in [5, 5.41) is 0. The standard InChI is InChI=1S/C14H21NO4/c1-14(2,16-3)4-5-17-11-9-13-12(8-10(11)15)18-6-7-19-13/h8-9H,4-7,15H2,1-3H3. The zero-order valence-electron chi connectivity index (χ0n) is 11.7. The first-order chi connectivity index (χ1) is 9.02. The van der Waals surface area contributed by atoms with Crippen molar-refractivity contribution in [2.45, 2.75) is 25.9 Å². The third-order valence-corrected chi connectivity index (χ3v) is 3.19. The van der Waals surface area contributed by atoms with E-state index in [9.17, 15) is 0 Å². The van der Waals surface area contributed by atoms with Crippen LogP contribution < -0.4 is 19.9 Å². The van der Waals surface area contributed by atoms with Crippen LogP contribution in [0.5, 0.6) is 17.2 Å². The van der Waals surface area contributed by atoms with Gasteiger partial charge < -0.3 is 24.7 Å². The molecule has 0 bridgehead atoms. The second kappa shape index (κ2) is 5.57. The minimum Gasteiger partial charge on any atom is -0.491 e. The first-order valence-corrected chi connectivity index (χ1v) is 6.39. The number of ether oxygens (including phenoxy) is 4. The molecule has 0 spiro atoms. The molecule has 1 aliphatic heterocycles. The van der Waals surface area contributed by atoms with Crippen molar-refractivity contribution < 1.29 is 18.9 Å². The van der Waals surface area contributed by atoms with E-state index in [1.165, 1.54) is 0 Å². The highest BCUT2D eigenvalue weighted by Gasteiger charge is 2.18. The Kier molecular flexibility index (Phi) is 4.04. The molecule has 5 nitrogen and oxygen atoms in total. The van der Waals surface area contributed by atoms with Gasteiger partial charge in [-0.05, 0) is 13.8 Å². The van der Waals surface area contributed by atoms with Gasteiger partial charge in [-0.1, -0.05) is 0 Å². The van der Waals surface area contributed by atoms with E-state index in [-0.39, 0.29) is 5.60 Å². The zero-order valence-corrected chi connectivity index (χ0v) is 11.7. The number of rotatable bonds is 5. The first kappa shape index (κ1) is 13.8. The normalized spacial score (nSPS) is 14.3. The van der Waals surface area contributed by atoms with Crippen molar-refractivity contribution in [1.82, 2.24) is 0 Å². The lowest BCUT2D eigenvalue weighted by molar-refractivity contribution is 0.00548. The minimum absolute atomic E-state index is 0.206. The van der Waals surface area contributed by atoms with Crippen LogP contribution in [-0.2, 0) is 4.74 Å². The molecular weight excluding hydrogens is 246 g/mol. The smallest absolute Gasteiger partial charge is 0.165 e. The van der Waals surface area contributed by atoms with Crippen molar-refractivity contribution in [2.24, 2.45) is 0 Å². The molecular formula is C14H21NO4. The monoisotopic (exact) mass is 267 g/mol. The Bertz CT molecular complexity index is 445. The topological polar surface area (TPSA) is 62.9 Å². The molecule has 19 heavy (non-hydrogen) atoms. The fourth-order valence-corrected chi connectivity index (χ4v) is 1.72. The molecule has 1 heterocycles. The summed E-state index contributed by atoms with van der Waals surface area (Å²) in [5.41, 5.74) is 6.28. The van der Waals surface area contributed by atoms with Crippen LogP contribution in [0.25, 0.3) is 0 Å². The molecule has 0 saturated heterocycles. The third kappa shape index (κ3) is 3.44. The number of nitrogens with two attached hydrogens (primary N) is 1. The van der Waals surface area contributed by atoms with Crippen LogP contribution in [0.2, 0.25) is 0 Å². The second-order valence-electron chi connectivity index (χ2n) is 5.10. The van der Waals surface area contributed by atoms with Gasteiger partial charge in [0.25, 0.3) is 0 Å². The van der Waals surface area contributed by atoms with E-state index in [2.05, 4.69) is 0 Å². The molecule has 2 N–H and O–H groups in total. The van der Waals surface area contributed by atoms with Crippen LogP contribution in [0.15, 0.2) is 12.1 Å². The van der Waals surface area contributed by atoms with Crippen LogP contribution in [0.1, 0.15) is 20.3 Å². The van der Waals surface area contributed by atoms with Gasteiger partial charge >= 0.3 is 0 Å². The predicted molar refractivity (Wildman–Crippen MR) is 73.0 cm³/mol. The molecule has 0 fully saturated rings. The summed E-state index contributed by atoms with van der Waals surface area (Å²) in [4.78, 5) is 0. The fraction of sp³-hybridized carbons (Fsp3) is 0.571. The molecule has 1 aromatic rings. The highest BCUT2D eigenvalue weighted by molar-refractivity contribution is 5.62. The van der Waals surface area contributed by atoms with Crippen LogP contribution in [-0.4, -0.2) is 32.5 Å². The highest BCUT2D eigenvalue weighted by Crippen LogP contribution is 2.38. The molecule has 0 aliphatic carbocycles. The van der Waals surface area contributed by atoms with Gasteiger partial charge in [0.1, 0.15) is 19.0 Å². The van der Waals surface area contributed by atoms with Gasteiger partial charge in [0.05, 0.1) is 17.9 Å². The summed E-state index contributed by atoms with van der Waals surface area (Å²) < 4.78 is 22.0.